The third-order valence-corrected chi connectivity index (χ3v) is 3.74. The number of nitrogens with zero attached hydrogens (tertiary/aromatic N) is 2. The van der Waals surface area contributed by atoms with Crippen LogP contribution in [0.15, 0.2) is 42.6 Å². The molecule has 1 aromatic carbocycles. The van der Waals surface area contributed by atoms with Gasteiger partial charge in [-0.3, -0.25) is 4.98 Å². The van der Waals surface area contributed by atoms with Crippen molar-refractivity contribution in [2.24, 2.45) is 0 Å². The van der Waals surface area contributed by atoms with E-state index in [1.807, 2.05) is 13.0 Å². The molecular weight excluding hydrogens is 288 g/mol. The van der Waals surface area contributed by atoms with Crippen LogP contribution in [0.25, 0.3) is 22.3 Å². The van der Waals surface area contributed by atoms with Crippen molar-refractivity contribution in [2.45, 2.75) is 6.92 Å². The highest BCUT2D eigenvalue weighted by atomic mass is 35.5. The molecule has 3 aromatic rings. The van der Waals surface area contributed by atoms with Crippen molar-refractivity contribution in [3.05, 3.63) is 58.7 Å². The summed E-state index contributed by atoms with van der Waals surface area (Å²) < 4.78 is 0. The monoisotopic (exact) mass is 298 g/mol. The molecule has 0 aliphatic heterocycles. The summed E-state index contributed by atoms with van der Waals surface area (Å²) in [5.41, 5.74) is 2.69. The fraction of sp³-hybridized carbons (Fsp3) is 0.0625. The Morgan fingerprint density at radius 1 is 1.19 bits per heavy atom. The Morgan fingerprint density at radius 2 is 2.00 bits per heavy atom. The second-order valence-corrected chi connectivity index (χ2v) is 5.05. The standard InChI is InChI=1S/C16H11ClN2O2/c1-9-12(17)6-5-10-11(16(20)21)8-14(19-15(9)10)13-4-2-3-7-18-13/h2-8H,1H3,(H,20,21). The smallest absolute Gasteiger partial charge is 0.336 e. The van der Waals surface area contributed by atoms with Crippen LogP contribution in [0.1, 0.15) is 15.9 Å². The summed E-state index contributed by atoms with van der Waals surface area (Å²) in [5, 5.41) is 10.6. The van der Waals surface area contributed by atoms with Crippen molar-refractivity contribution in [1.29, 1.82) is 0 Å². The average Bonchev–Trinajstić information content (AvgIpc) is 2.51. The van der Waals surface area contributed by atoms with E-state index in [1.54, 1.807) is 36.5 Å². The molecule has 0 unspecified atom stereocenters. The van der Waals surface area contributed by atoms with E-state index in [1.165, 1.54) is 0 Å². The van der Waals surface area contributed by atoms with Crippen molar-refractivity contribution >= 4 is 28.5 Å². The molecule has 0 spiro atoms. The molecule has 104 valence electrons. The molecule has 1 N–H and O–H groups in total. The van der Waals surface area contributed by atoms with Crippen molar-refractivity contribution in [1.82, 2.24) is 9.97 Å². The minimum Gasteiger partial charge on any atom is -0.478 e. The third-order valence-electron chi connectivity index (χ3n) is 3.33. The maximum absolute atomic E-state index is 11.5. The fourth-order valence-electron chi connectivity index (χ4n) is 2.23. The quantitative estimate of drug-likeness (QED) is 0.778. The van der Waals surface area contributed by atoms with Crippen LogP contribution in [0.4, 0.5) is 0 Å². The van der Waals surface area contributed by atoms with Crippen LogP contribution in [-0.2, 0) is 0 Å². The highest BCUT2D eigenvalue weighted by molar-refractivity contribution is 6.32. The van der Waals surface area contributed by atoms with E-state index in [0.29, 0.717) is 27.3 Å². The predicted octanol–water partition coefficient (Wildman–Crippen LogP) is 3.96. The molecule has 0 aliphatic rings. The maximum Gasteiger partial charge on any atom is 0.336 e. The lowest BCUT2D eigenvalue weighted by Gasteiger charge is -2.09. The van der Waals surface area contributed by atoms with E-state index in [-0.39, 0.29) is 5.56 Å². The van der Waals surface area contributed by atoms with Gasteiger partial charge in [-0.1, -0.05) is 23.7 Å². The van der Waals surface area contributed by atoms with Crippen LogP contribution in [0, 0.1) is 6.92 Å². The number of aryl methyl sites for hydroxylation is 1. The molecule has 0 amide bonds. The number of fused-ring (bicyclic) bond motifs is 1. The first kappa shape index (κ1) is 13.5. The number of hydrogen-bond donors (Lipinski definition) is 1. The van der Waals surface area contributed by atoms with Gasteiger partial charge in [0.05, 0.1) is 22.5 Å². The van der Waals surface area contributed by atoms with Gasteiger partial charge in [-0.15, -0.1) is 0 Å². The number of carboxylic acid groups (broad SMARTS) is 1. The van der Waals surface area contributed by atoms with Gasteiger partial charge < -0.3 is 5.11 Å². The van der Waals surface area contributed by atoms with E-state index >= 15 is 0 Å². The zero-order chi connectivity index (χ0) is 15.0. The summed E-state index contributed by atoms with van der Waals surface area (Å²) in [6, 6.07) is 10.3. The lowest BCUT2D eigenvalue weighted by atomic mass is 10.0. The fourth-order valence-corrected chi connectivity index (χ4v) is 2.38. The molecule has 0 fully saturated rings. The number of aromatic carboxylic acids is 1. The first-order valence-electron chi connectivity index (χ1n) is 6.32. The molecule has 4 nitrogen and oxygen atoms in total. The zero-order valence-electron chi connectivity index (χ0n) is 11.2. The van der Waals surface area contributed by atoms with Crippen molar-refractivity contribution in [3.63, 3.8) is 0 Å². The Balaban J connectivity index is 2.39. The maximum atomic E-state index is 11.5. The van der Waals surface area contributed by atoms with E-state index < -0.39 is 5.97 Å². The Kier molecular flexibility index (Phi) is 3.31. The highest BCUT2D eigenvalue weighted by Crippen LogP contribution is 2.29. The van der Waals surface area contributed by atoms with Crippen molar-refractivity contribution in [2.75, 3.05) is 0 Å². The Morgan fingerprint density at radius 3 is 2.67 bits per heavy atom. The molecule has 0 radical (unpaired) electrons. The summed E-state index contributed by atoms with van der Waals surface area (Å²) >= 11 is 6.11. The van der Waals surface area contributed by atoms with Crippen LogP contribution >= 0.6 is 11.6 Å². The molecule has 0 saturated heterocycles. The molecule has 2 aromatic heterocycles. The Labute approximate surface area is 126 Å². The topological polar surface area (TPSA) is 63.1 Å². The summed E-state index contributed by atoms with van der Waals surface area (Å²) in [7, 11) is 0. The van der Waals surface area contributed by atoms with Gasteiger partial charge in [0.15, 0.2) is 0 Å². The molecule has 3 rings (SSSR count). The number of hydrogen-bond acceptors (Lipinski definition) is 3. The van der Waals surface area contributed by atoms with Gasteiger partial charge in [-0.05, 0) is 36.8 Å². The zero-order valence-corrected chi connectivity index (χ0v) is 11.9. The largest absolute Gasteiger partial charge is 0.478 e. The van der Waals surface area contributed by atoms with Crippen molar-refractivity contribution in [3.8, 4) is 11.4 Å². The molecule has 0 atom stereocenters. The van der Waals surface area contributed by atoms with Gasteiger partial charge in [-0.2, -0.15) is 0 Å². The van der Waals surface area contributed by atoms with Crippen LogP contribution < -0.4 is 0 Å². The van der Waals surface area contributed by atoms with Gasteiger partial charge in [0.2, 0.25) is 0 Å². The lowest BCUT2D eigenvalue weighted by molar-refractivity contribution is 0.0699. The average molecular weight is 299 g/mol. The first-order valence-corrected chi connectivity index (χ1v) is 6.70. The van der Waals surface area contributed by atoms with E-state index in [9.17, 15) is 9.90 Å². The van der Waals surface area contributed by atoms with E-state index in [4.69, 9.17) is 11.6 Å². The molecule has 0 saturated carbocycles. The van der Waals surface area contributed by atoms with Crippen LogP contribution in [0.2, 0.25) is 5.02 Å². The molecule has 21 heavy (non-hydrogen) atoms. The summed E-state index contributed by atoms with van der Waals surface area (Å²) in [5.74, 6) is -0.999. The Hall–Kier alpha value is -2.46. The number of carbonyl (C=O) groups is 1. The minimum absolute atomic E-state index is 0.195. The van der Waals surface area contributed by atoms with Gasteiger partial charge >= 0.3 is 5.97 Å². The van der Waals surface area contributed by atoms with Crippen LogP contribution in [-0.4, -0.2) is 21.0 Å². The number of carboxylic acids is 1. The number of benzene rings is 1. The molecular formula is C16H11ClN2O2. The lowest BCUT2D eigenvalue weighted by Crippen LogP contribution is -2.01. The normalized spacial score (nSPS) is 10.8. The van der Waals surface area contributed by atoms with Gasteiger partial charge in [0.1, 0.15) is 0 Å². The number of halogens is 1. The number of rotatable bonds is 2. The SMILES string of the molecule is Cc1c(Cl)ccc2c(C(=O)O)cc(-c3ccccn3)nc12. The number of aromatic nitrogens is 2. The molecule has 0 bridgehead atoms. The second kappa shape index (κ2) is 5.14. The summed E-state index contributed by atoms with van der Waals surface area (Å²) in [6.07, 6.45) is 1.65. The van der Waals surface area contributed by atoms with E-state index in [0.717, 1.165) is 5.56 Å². The second-order valence-electron chi connectivity index (χ2n) is 4.64. The van der Waals surface area contributed by atoms with Crippen molar-refractivity contribution < 1.29 is 9.90 Å². The van der Waals surface area contributed by atoms with Gasteiger partial charge in [-0.25, -0.2) is 9.78 Å². The molecule has 0 aliphatic carbocycles. The first-order chi connectivity index (χ1) is 10.1. The minimum atomic E-state index is -0.999. The van der Waals surface area contributed by atoms with Crippen LogP contribution in [0.3, 0.4) is 0 Å². The summed E-state index contributed by atoms with van der Waals surface area (Å²) in [6.45, 7) is 1.82. The Bertz CT molecular complexity index is 848. The molecule has 2 heterocycles. The van der Waals surface area contributed by atoms with Gasteiger partial charge in [0, 0.05) is 16.6 Å². The summed E-state index contributed by atoms with van der Waals surface area (Å²) in [4.78, 5) is 20.3. The number of pyridine rings is 2. The highest BCUT2D eigenvalue weighted by Gasteiger charge is 2.15. The molecule has 5 heteroatoms. The third kappa shape index (κ3) is 2.34. The van der Waals surface area contributed by atoms with Gasteiger partial charge in [0.25, 0.3) is 0 Å². The van der Waals surface area contributed by atoms with E-state index in [2.05, 4.69) is 9.97 Å². The predicted molar refractivity (Wildman–Crippen MR) is 81.7 cm³/mol. The van der Waals surface area contributed by atoms with Crippen LogP contribution in [0.5, 0.6) is 0 Å².